The van der Waals surface area contributed by atoms with Crippen LogP contribution in [0.4, 0.5) is 0 Å². The van der Waals surface area contributed by atoms with Gasteiger partial charge in [-0.05, 0) is 67.4 Å². The quantitative estimate of drug-likeness (QED) is 0.0876. The van der Waals surface area contributed by atoms with Gasteiger partial charge in [0, 0.05) is 52.5 Å². The number of carbonyl (C=O) groups is 1. The van der Waals surface area contributed by atoms with Crippen LogP contribution in [0.15, 0.2) is 88.9 Å². The molecule has 1 aliphatic rings. The van der Waals surface area contributed by atoms with E-state index >= 15 is 0 Å². The van der Waals surface area contributed by atoms with E-state index in [2.05, 4.69) is 0 Å². The van der Waals surface area contributed by atoms with E-state index in [4.69, 9.17) is 4.42 Å². The highest BCUT2D eigenvalue weighted by Gasteiger charge is 2.43. The van der Waals surface area contributed by atoms with Crippen molar-refractivity contribution in [3.05, 3.63) is 101 Å². The fourth-order valence-electron chi connectivity index (χ4n) is 6.14. The van der Waals surface area contributed by atoms with Crippen molar-refractivity contribution in [1.82, 2.24) is 0 Å². The van der Waals surface area contributed by atoms with Crippen LogP contribution < -0.4 is 0 Å². The van der Waals surface area contributed by atoms with Gasteiger partial charge in [0.1, 0.15) is 51.6 Å². The number of rotatable bonds is 5. The average Bonchev–Trinajstić information content (AvgIpc) is 3.35. The van der Waals surface area contributed by atoms with E-state index in [1.807, 2.05) is 6.92 Å². The van der Waals surface area contributed by atoms with Crippen LogP contribution in [0.25, 0.3) is 22.3 Å². The minimum atomic E-state index is -1.04. The molecule has 0 aliphatic heterocycles. The lowest BCUT2D eigenvalue weighted by molar-refractivity contribution is 0.0876. The van der Waals surface area contributed by atoms with Gasteiger partial charge in [-0.25, -0.2) is 0 Å². The highest BCUT2D eigenvalue weighted by Crippen LogP contribution is 2.53. The van der Waals surface area contributed by atoms with Crippen molar-refractivity contribution >= 4 is 16.8 Å². The zero-order valence-corrected chi connectivity index (χ0v) is 22.9. The summed E-state index contributed by atoms with van der Waals surface area (Å²) < 4.78 is 5.84. The Labute approximate surface area is 245 Å². The Morgan fingerprint density at radius 1 is 0.721 bits per heavy atom. The number of hydrogen-bond acceptors (Lipinski definition) is 9. The molecule has 9 heteroatoms. The van der Waals surface area contributed by atoms with Crippen molar-refractivity contribution in [2.24, 2.45) is 5.92 Å². The highest BCUT2D eigenvalue weighted by molar-refractivity contribution is 6.02. The highest BCUT2D eigenvalue weighted by atomic mass is 16.3. The standard InChI is InChI=1S/C34H28O9/c1-16-8-24(22-6-4-19(35)13-26(22)38)32(34(42)23-7-5-20(36)14-27(23)39)25(9-16)33-28(40)10-18(11-29(33)41)30-12-17-2-3-21(37)15-31(17)43-30/h2-7,9-15,24-25,32,35-41H,8H2,1H3/t24-,25+,32-/m0/s1. The van der Waals surface area contributed by atoms with E-state index in [1.54, 1.807) is 18.2 Å². The monoisotopic (exact) mass is 580 g/mol. The van der Waals surface area contributed by atoms with Crippen molar-refractivity contribution in [3.8, 4) is 51.6 Å². The van der Waals surface area contributed by atoms with E-state index in [-0.39, 0.29) is 45.6 Å². The maximum Gasteiger partial charge on any atom is 0.171 e. The average molecular weight is 581 g/mol. The van der Waals surface area contributed by atoms with E-state index in [0.29, 0.717) is 34.3 Å². The molecule has 1 heterocycles. The minimum absolute atomic E-state index is 0.0264. The number of ketones is 1. The van der Waals surface area contributed by atoms with Gasteiger partial charge >= 0.3 is 0 Å². The van der Waals surface area contributed by atoms with Crippen molar-refractivity contribution in [1.29, 1.82) is 0 Å². The zero-order chi connectivity index (χ0) is 30.6. The van der Waals surface area contributed by atoms with Gasteiger partial charge in [-0.15, -0.1) is 0 Å². The molecule has 1 aliphatic carbocycles. The van der Waals surface area contributed by atoms with Crippen LogP contribution in [-0.4, -0.2) is 41.5 Å². The number of phenolic OH excluding ortho intramolecular Hbond substituents is 7. The van der Waals surface area contributed by atoms with Gasteiger partial charge < -0.3 is 40.2 Å². The first-order valence-electron chi connectivity index (χ1n) is 13.5. The van der Waals surface area contributed by atoms with Crippen LogP contribution in [0.3, 0.4) is 0 Å². The molecule has 0 fully saturated rings. The minimum Gasteiger partial charge on any atom is -0.508 e. The van der Waals surface area contributed by atoms with Crippen LogP contribution in [0.5, 0.6) is 40.2 Å². The second kappa shape index (κ2) is 10.4. The summed E-state index contributed by atoms with van der Waals surface area (Å²) in [5, 5.41) is 74.3. The maximum absolute atomic E-state index is 14.2. The third kappa shape index (κ3) is 4.95. The topological polar surface area (TPSA) is 172 Å². The number of carbonyl (C=O) groups excluding carboxylic acids is 1. The Morgan fingerprint density at radius 2 is 1.35 bits per heavy atom. The van der Waals surface area contributed by atoms with E-state index < -0.39 is 29.3 Å². The lowest BCUT2D eigenvalue weighted by atomic mass is 9.65. The molecule has 0 saturated heterocycles. The number of fused-ring (bicyclic) bond motifs is 1. The van der Waals surface area contributed by atoms with Gasteiger partial charge in [-0.2, -0.15) is 0 Å². The SMILES string of the molecule is CC1=C[C@@H](c2c(O)cc(-c3cc4ccc(O)cc4o3)cc2O)[C@@H](C(=O)c2ccc(O)cc2O)[C@H](c2ccc(O)cc2O)C1. The molecule has 218 valence electrons. The Morgan fingerprint density at radius 3 is 2.02 bits per heavy atom. The van der Waals surface area contributed by atoms with Crippen LogP contribution in [0.2, 0.25) is 0 Å². The smallest absolute Gasteiger partial charge is 0.171 e. The normalized spacial score (nSPS) is 18.4. The predicted octanol–water partition coefficient (Wildman–Crippen LogP) is 6.76. The third-order valence-electron chi connectivity index (χ3n) is 8.05. The summed E-state index contributed by atoms with van der Waals surface area (Å²) >= 11 is 0. The van der Waals surface area contributed by atoms with Crippen molar-refractivity contribution in [2.75, 3.05) is 0 Å². The van der Waals surface area contributed by atoms with Crippen LogP contribution in [-0.2, 0) is 0 Å². The van der Waals surface area contributed by atoms with Gasteiger partial charge in [0.15, 0.2) is 5.78 Å². The van der Waals surface area contributed by atoms with Crippen molar-refractivity contribution in [3.63, 3.8) is 0 Å². The summed E-state index contributed by atoms with van der Waals surface area (Å²) in [6.07, 6.45) is 2.10. The molecular weight excluding hydrogens is 552 g/mol. The summed E-state index contributed by atoms with van der Waals surface area (Å²) in [4.78, 5) is 14.2. The van der Waals surface area contributed by atoms with Gasteiger partial charge in [0.05, 0.1) is 5.56 Å². The predicted molar refractivity (Wildman–Crippen MR) is 158 cm³/mol. The number of Topliss-reactive ketones (excluding diaryl/α,β-unsaturated/α-hetero) is 1. The van der Waals surface area contributed by atoms with E-state index in [0.717, 1.165) is 11.6 Å². The second-order valence-corrected chi connectivity index (χ2v) is 10.9. The number of allylic oxidation sites excluding steroid dienone is 2. The third-order valence-corrected chi connectivity index (χ3v) is 8.05. The van der Waals surface area contributed by atoms with Crippen LogP contribution >= 0.6 is 0 Å². The lowest BCUT2D eigenvalue weighted by Gasteiger charge is -2.37. The van der Waals surface area contributed by atoms with Gasteiger partial charge in [-0.3, -0.25) is 4.79 Å². The van der Waals surface area contributed by atoms with Crippen molar-refractivity contribution < 1.29 is 45.0 Å². The molecule has 43 heavy (non-hydrogen) atoms. The largest absolute Gasteiger partial charge is 0.508 e. The lowest BCUT2D eigenvalue weighted by Crippen LogP contribution is -2.31. The summed E-state index contributed by atoms with van der Waals surface area (Å²) in [6, 6.07) is 16.9. The number of hydrogen-bond donors (Lipinski definition) is 7. The molecule has 9 nitrogen and oxygen atoms in total. The maximum atomic E-state index is 14.2. The molecule has 4 aromatic carbocycles. The number of benzene rings is 4. The molecule has 0 amide bonds. The Hall–Kier alpha value is -5.57. The molecule has 5 aromatic rings. The van der Waals surface area contributed by atoms with E-state index in [1.165, 1.54) is 54.6 Å². The zero-order valence-electron chi connectivity index (χ0n) is 22.9. The molecule has 0 bridgehead atoms. The molecule has 0 spiro atoms. The van der Waals surface area contributed by atoms with Crippen LogP contribution in [0.1, 0.15) is 46.7 Å². The molecule has 0 unspecified atom stereocenters. The van der Waals surface area contributed by atoms with E-state index in [9.17, 15) is 40.5 Å². The molecular formula is C34H28O9. The Kier molecular flexibility index (Phi) is 6.65. The van der Waals surface area contributed by atoms with Gasteiger partial charge in [0.25, 0.3) is 0 Å². The summed E-state index contributed by atoms with van der Waals surface area (Å²) in [5.41, 5.74) is 1.95. The Balaban J connectivity index is 1.50. The second-order valence-electron chi connectivity index (χ2n) is 10.9. The fraction of sp³-hybridized carbons (Fsp3) is 0.147. The fourth-order valence-corrected chi connectivity index (χ4v) is 6.14. The first-order chi connectivity index (χ1) is 20.5. The number of aromatic hydroxyl groups is 7. The van der Waals surface area contributed by atoms with Gasteiger partial charge in [-0.1, -0.05) is 17.7 Å². The van der Waals surface area contributed by atoms with Crippen LogP contribution in [0, 0.1) is 5.92 Å². The molecule has 7 N–H and O–H groups in total. The first kappa shape index (κ1) is 27.6. The molecule has 0 saturated carbocycles. The number of furan rings is 1. The summed E-state index contributed by atoms with van der Waals surface area (Å²) in [7, 11) is 0. The molecule has 3 atom stereocenters. The summed E-state index contributed by atoms with van der Waals surface area (Å²) in [6.45, 7) is 1.84. The number of phenols is 7. The molecule has 6 rings (SSSR count). The first-order valence-corrected chi connectivity index (χ1v) is 13.5. The molecule has 0 radical (unpaired) electrons. The van der Waals surface area contributed by atoms with Crippen molar-refractivity contribution in [2.45, 2.75) is 25.2 Å². The van der Waals surface area contributed by atoms with Gasteiger partial charge in [0.2, 0.25) is 0 Å². The molecule has 1 aromatic heterocycles. The summed E-state index contributed by atoms with van der Waals surface area (Å²) in [5.74, 6) is -4.49. The Bertz CT molecular complexity index is 1910.